The number of amides is 1. The third-order valence-electron chi connectivity index (χ3n) is 2.41. The van der Waals surface area contributed by atoms with Crippen LogP contribution in [-0.4, -0.2) is 31.1 Å². The third kappa shape index (κ3) is 4.76. The fraction of sp³-hybridized carbons (Fsp3) is 0.267. The third-order valence-corrected chi connectivity index (χ3v) is 2.41. The van der Waals surface area contributed by atoms with Crippen LogP contribution < -0.4 is 5.32 Å². The largest absolute Gasteiger partial charge is 0.462 e. The number of carbonyl (C=O) groups is 3. The van der Waals surface area contributed by atoms with Crippen LogP contribution in [-0.2, 0) is 14.3 Å². The molecule has 1 N–H and O–H groups in total. The second-order valence-corrected chi connectivity index (χ2v) is 3.93. The molecule has 21 heavy (non-hydrogen) atoms. The molecule has 1 aromatic rings. The van der Waals surface area contributed by atoms with Crippen molar-refractivity contribution in [2.75, 3.05) is 18.5 Å². The fourth-order valence-electron chi connectivity index (χ4n) is 1.56. The Morgan fingerprint density at radius 1 is 1.05 bits per heavy atom. The van der Waals surface area contributed by atoms with E-state index in [2.05, 4.69) is 11.9 Å². The van der Waals surface area contributed by atoms with Gasteiger partial charge in [0.05, 0.1) is 24.3 Å². The average molecular weight is 291 g/mol. The van der Waals surface area contributed by atoms with E-state index in [0.717, 1.165) is 6.08 Å². The van der Waals surface area contributed by atoms with E-state index in [1.165, 1.54) is 18.2 Å². The van der Waals surface area contributed by atoms with Gasteiger partial charge in [-0.15, -0.1) is 0 Å². The maximum atomic E-state index is 11.8. The van der Waals surface area contributed by atoms with Gasteiger partial charge in [-0.1, -0.05) is 6.58 Å². The number of carbonyl (C=O) groups excluding carboxylic acids is 3. The van der Waals surface area contributed by atoms with Crippen molar-refractivity contribution < 1.29 is 23.9 Å². The molecule has 112 valence electrons. The van der Waals surface area contributed by atoms with Crippen LogP contribution in [0.5, 0.6) is 0 Å². The minimum Gasteiger partial charge on any atom is -0.462 e. The zero-order chi connectivity index (χ0) is 15.8. The molecule has 1 aromatic carbocycles. The van der Waals surface area contributed by atoms with Gasteiger partial charge in [0.25, 0.3) is 0 Å². The summed E-state index contributed by atoms with van der Waals surface area (Å²) >= 11 is 0. The molecule has 0 saturated carbocycles. The normalized spacial score (nSPS) is 9.62. The Balaban J connectivity index is 3.18. The number of ether oxygens (including phenoxy) is 2. The Hall–Kier alpha value is -2.63. The molecule has 0 bridgehead atoms. The van der Waals surface area contributed by atoms with Crippen LogP contribution in [0.1, 0.15) is 34.6 Å². The highest BCUT2D eigenvalue weighted by Crippen LogP contribution is 2.17. The first-order chi connectivity index (χ1) is 10.0. The molecule has 0 atom stereocenters. The Kier molecular flexibility index (Phi) is 6.13. The first-order valence-corrected chi connectivity index (χ1v) is 6.44. The van der Waals surface area contributed by atoms with Crippen molar-refractivity contribution in [3.05, 3.63) is 42.0 Å². The summed E-state index contributed by atoms with van der Waals surface area (Å²) in [6.07, 6.45) is 1.08. The predicted molar refractivity (Wildman–Crippen MR) is 77.2 cm³/mol. The predicted octanol–water partition coefficient (Wildman–Crippen LogP) is 2.16. The minimum absolute atomic E-state index is 0.154. The van der Waals surface area contributed by atoms with Crippen molar-refractivity contribution in [2.45, 2.75) is 13.8 Å². The number of hydrogen-bond donors (Lipinski definition) is 1. The molecule has 0 aromatic heterocycles. The van der Waals surface area contributed by atoms with E-state index in [4.69, 9.17) is 9.47 Å². The lowest BCUT2D eigenvalue weighted by atomic mass is 10.1. The van der Waals surface area contributed by atoms with Crippen molar-refractivity contribution in [3.8, 4) is 0 Å². The first kappa shape index (κ1) is 16.4. The average Bonchev–Trinajstić information content (AvgIpc) is 2.47. The Morgan fingerprint density at radius 3 is 1.90 bits per heavy atom. The molecule has 6 nitrogen and oxygen atoms in total. The van der Waals surface area contributed by atoms with Gasteiger partial charge in [0, 0.05) is 5.69 Å². The zero-order valence-electron chi connectivity index (χ0n) is 12.0. The summed E-state index contributed by atoms with van der Waals surface area (Å²) in [6, 6.07) is 4.20. The number of esters is 2. The lowest BCUT2D eigenvalue weighted by molar-refractivity contribution is -0.111. The summed E-state index contributed by atoms with van der Waals surface area (Å²) in [5.41, 5.74) is 0.594. The van der Waals surface area contributed by atoms with Gasteiger partial charge in [-0.05, 0) is 38.1 Å². The fourth-order valence-corrected chi connectivity index (χ4v) is 1.56. The maximum Gasteiger partial charge on any atom is 0.338 e. The van der Waals surface area contributed by atoms with Crippen LogP contribution in [0.4, 0.5) is 5.69 Å². The van der Waals surface area contributed by atoms with Gasteiger partial charge < -0.3 is 14.8 Å². The summed E-state index contributed by atoms with van der Waals surface area (Å²) < 4.78 is 9.77. The quantitative estimate of drug-likeness (QED) is 0.641. The van der Waals surface area contributed by atoms with E-state index < -0.39 is 17.8 Å². The molecule has 0 aliphatic carbocycles. The summed E-state index contributed by atoms with van der Waals surface area (Å²) in [4.78, 5) is 34.9. The second-order valence-electron chi connectivity index (χ2n) is 3.93. The van der Waals surface area contributed by atoms with Gasteiger partial charge in [-0.3, -0.25) is 4.79 Å². The molecule has 0 heterocycles. The van der Waals surface area contributed by atoms with E-state index in [9.17, 15) is 14.4 Å². The molecular formula is C15H17NO5. The highest BCUT2D eigenvalue weighted by molar-refractivity contribution is 6.02. The molecule has 0 saturated heterocycles. The number of anilines is 1. The number of rotatable bonds is 6. The van der Waals surface area contributed by atoms with E-state index in [-0.39, 0.29) is 30.0 Å². The van der Waals surface area contributed by atoms with E-state index >= 15 is 0 Å². The van der Waals surface area contributed by atoms with Crippen LogP contribution in [0.25, 0.3) is 0 Å². The zero-order valence-corrected chi connectivity index (χ0v) is 12.0. The topological polar surface area (TPSA) is 81.7 Å². The van der Waals surface area contributed by atoms with Gasteiger partial charge in [0.2, 0.25) is 5.91 Å². The highest BCUT2D eigenvalue weighted by Gasteiger charge is 2.15. The lowest BCUT2D eigenvalue weighted by Crippen LogP contribution is -2.13. The summed E-state index contributed by atoms with van der Waals surface area (Å²) in [6.45, 7) is 7.09. The Labute approximate surface area is 122 Å². The monoisotopic (exact) mass is 291 g/mol. The van der Waals surface area contributed by atoms with E-state index in [0.29, 0.717) is 0 Å². The van der Waals surface area contributed by atoms with Gasteiger partial charge >= 0.3 is 11.9 Å². The SMILES string of the molecule is C=CC(=O)Nc1cc(C(=O)OCC)cc(C(=O)OCC)c1. The van der Waals surface area contributed by atoms with Crippen molar-refractivity contribution >= 4 is 23.5 Å². The van der Waals surface area contributed by atoms with Gasteiger partial charge in [-0.2, -0.15) is 0 Å². The number of benzene rings is 1. The number of hydrogen-bond acceptors (Lipinski definition) is 5. The van der Waals surface area contributed by atoms with Crippen LogP contribution in [0.2, 0.25) is 0 Å². The van der Waals surface area contributed by atoms with Crippen LogP contribution in [0.3, 0.4) is 0 Å². The van der Waals surface area contributed by atoms with E-state index in [1.54, 1.807) is 13.8 Å². The summed E-state index contributed by atoms with van der Waals surface area (Å²) in [5, 5.41) is 2.49. The van der Waals surface area contributed by atoms with Gasteiger partial charge in [0.1, 0.15) is 0 Å². The van der Waals surface area contributed by atoms with Crippen molar-refractivity contribution in [2.24, 2.45) is 0 Å². The molecule has 0 fully saturated rings. The van der Waals surface area contributed by atoms with Crippen molar-refractivity contribution in [1.82, 2.24) is 0 Å². The Bertz CT molecular complexity index is 529. The molecule has 1 rings (SSSR count). The van der Waals surface area contributed by atoms with Crippen LogP contribution >= 0.6 is 0 Å². The van der Waals surface area contributed by atoms with Gasteiger partial charge in [-0.25, -0.2) is 9.59 Å². The molecule has 0 unspecified atom stereocenters. The summed E-state index contributed by atoms with van der Waals surface area (Å²) in [7, 11) is 0. The highest BCUT2D eigenvalue weighted by atomic mass is 16.5. The van der Waals surface area contributed by atoms with Gasteiger partial charge in [0.15, 0.2) is 0 Å². The standard InChI is InChI=1S/C15H17NO5/c1-4-13(17)16-12-8-10(14(18)20-5-2)7-11(9-12)15(19)21-6-3/h4,7-9H,1,5-6H2,2-3H3,(H,16,17). The molecule has 6 heteroatoms. The molecule has 0 spiro atoms. The van der Waals surface area contributed by atoms with E-state index in [1.807, 2.05) is 0 Å². The number of nitrogens with one attached hydrogen (secondary N) is 1. The van der Waals surface area contributed by atoms with Crippen molar-refractivity contribution in [3.63, 3.8) is 0 Å². The van der Waals surface area contributed by atoms with Crippen molar-refractivity contribution in [1.29, 1.82) is 0 Å². The van der Waals surface area contributed by atoms with Crippen LogP contribution in [0.15, 0.2) is 30.9 Å². The molecule has 0 aliphatic heterocycles. The molecule has 0 aliphatic rings. The molecular weight excluding hydrogens is 274 g/mol. The Morgan fingerprint density at radius 2 is 1.52 bits per heavy atom. The first-order valence-electron chi connectivity index (χ1n) is 6.44. The minimum atomic E-state index is -0.585. The maximum absolute atomic E-state index is 11.8. The molecule has 1 amide bonds. The van der Waals surface area contributed by atoms with Crippen LogP contribution in [0, 0.1) is 0 Å². The smallest absolute Gasteiger partial charge is 0.338 e. The molecule has 0 radical (unpaired) electrons. The summed E-state index contributed by atoms with van der Waals surface area (Å²) in [5.74, 6) is -1.62. The lowest BCUT2D eigenvalue weighted by Gasteiger charge is -2.09. The second kappa shape index (κ2) is 7.84.